The molecule has 4 rings (SSSR count). The van der Waals surface area contributed by atoms with Crippen molar-refractivity contribution in [2.45, 2.75) is 20.3 Å². The fourth-order valence-electron chi connectivity index (χ4n) is 3.35. The fourth-order valence-corrected chi connectivity index (χ4v) is 3.35. The molecule has 0 unspecified atom stereocenters. The van der Waals surface area contributed by atoms with E-state index in [2.05, 4.69) is 15.4 Å². The highest BCUT2D eigenvalue weighted by atomic mass is 16.1. The van der Waals surface area contributed by atoms with Crippen LogP contribution in [0.25, 0.3) is 16.8 Å². The van der Waals surface area contributed by atoms with E-state index < -0.39 is 0 Å². The molecule has 2 aromatic heterocycles. The second kappa shape index (κ2) is 7.15. The predicted molar refractivity (Wildman–Crippen MR) is 109 cm³/mol. The number of anilines is 1. The third-order valence-corrected chi connectivity index (χ3v) is 4.82. The monoisotopic (exact) mass is 372 g/mol. The number of nitrogens with zero attached hydrogens (tertiary/aromatic N) is 2. The lowest BCUT2D eigenvalue weighted by molar-refractivity contribution is -0.115. The molecule has 0 bridgehead atoms. The number of hydrogen-bond donors (Lipinski definition) is 2. The number of aromatic nitrogens is 3. The molecule has 2 N–H and O–H groups in total. The molecule has 0 saturated carbocycles. The number of rotatable bonds is 4. The van der Waals surface area contributed by atoms with E-state index in [1.807, 2.05) is 68.4 Å². The molecule has 4 aromatic rings. The van der Waals surface area contributed by atoms with Crippen LogP contribution in [0.2, 0.25) is 0 Å². The summed E-state index contributed by atoms with van der Waals surface area (Å²) < 4.78 is 1.62. The van der Waals surface area contributed by atoms with Crippen molar-refractivity contribution in [3.63, 3.8) is 0 Å². The molecule has 0 atom stereocenters. The summed E-state index contributed by atoms with van der Waals surface area (Å²) in [6, 6.07) is 19.3. The number of H-pyrrole nitrogens is 1. The molecule has 0 aliphatic rings. The number of benzene rings is 2. The molecular weight excluding hydrogens is 352 g/mol. The molecule has 0 aliphatic carbocycles. The van der Waals surface area contributed by atoms with Crippen LogP contribution in [0.5, 0.6) is 0 Å². The highest BCUT2D eigenvalue weighted by Crippen LogP contribution is 2.21. The summed E-state index contributed by atoms with van der Waals surface area (Å²) in [5, 5.41) is 5.63. The van der Waals surface area contributed by atoms with Crippen LogP contribution >= 0.6 is 0 Å². The molecule has 1 amide bonds. The number of carbonyl (C=O) groups is 1. The zero-order chi connectivity index (χ0) is 19.7. The van der Waals surface area contributed by atoms with Crippen LogP contribution in [0.4, 0.5) is 5.69 Å². The molecule has 0 aliphatic heterocycles. The lowest BCUT2D eigenvalue weighted by Gasteiger charge is -2.12. The molecule has 6 heteroatoms. The second-order valence-corrected chi connectivity index (χ2v) is 6.74. The SMILES string of the molecule is Cc1nc2cc(=O)[nH]n2c(C)c1CC(=O)Nc1ccc(-c2ccccc2)cc1. The van der Waals surface area contributed by atoms with E-state index in [-0.39, 0.29) is 17.9 Å². The Kier molecular flexibility index (Phi) is 4.53. The van der Waals surface area contributed by atoms with Crippen molar-refractivity contribution in [3.05, 3.63) is 88.0 Å². The smallest absolute Gasteiger partial charge is 0.266 e. The summed E-state index contributed by atoms with van der Waals surface area (Å²) in [6.45, 7) is 3.72. The summed E-state index contributed by atoms with van der Waals surface area (Å²) in [4.78, 5) is 28.5. The van der Waals surface area contributed by atoms with Gasteiger partial charge in [-0.3, -0.25) is 14.7 Å². The molecule has 0 radical (unpaired) electrons. The van der Waals surface area contributed by atoms with E-state index in [1.165, 1.54) is 6.07 Å². The van der Waals surface area contributed by atoms with Crippen LogP contribution in [0.1, 0.15) is 17.0 Å². The van der Waals surface area contributed by atoms with Crippen molar-refractivity contribution in [1.29, 1.82) is 0 Å². The average Bonchev–Trinajstić information content (AvgIpc) is 3.07. The van der Waals surface area contributed by atoms with Gasteiger partial charge in [-0.15, -0.1) is 0 Å². The minimum atomic E-state index is -0.213. The van der Waals surface area contributed by atoms with E-state index in [0.717, 1.165) is 33.8 Å². The topological polar surface area (TPSA) is 79.3 Å². The molecule has 0 spiro atoms. The van der Waals surface area contributed by atoms with Crippen LogP contribution in [0.15, 0.2) is 65.5 Å². The van der Waals surface area contributed by atoms with Gasteiger partial charge in [0.15, 0.2) is 5.65 Å². The quantitative estimate of drug-likeness (QED) is 0.575. The molecule has 2 aromatic carbocycles. The first kappa shape index (κ1) is 17.7. The average molecular weight is 372 g/mol. The zero-order valence-corrected chi connectivity index (χ0v) is 15.7. The van der Waals surface area contributed by atoms with Crippen LogP contribution in [0.3, 0.4) is 0 Å². The molecule has 0 saturated heterocycles. The Morgan fingerprint density at radius 2 is 1.71 bits per heavy atom. The van der Waals surface area contributed by atoms with Crippen LogP contribution in [-0.4, -0.2) is 20.5 Å². The number of carbonyl (C=O) groups excluding carboxylic acids is 1. The number of fused-ring (bicyclic) bond motifs is 1. The first-order valence-corrected chi connectivity index (χ1v) is 9.04. The van der Waals surface area contributed by atoms with E-state index in [9.17, 15) is 9.59 Å². The normalized spacial score (nSPS) is 10.9. The molecular formula is C22H20N4O2. The maximum atomic E-state index is 12.6. The lowest BCUT2D eigenvalue weighted by Crippen LogP contribution is -2.17. The standard InChI is InChI=1S/C22H20N4O2/c1-14-19(15(2)26-20(23-14)13-22(28)25-26)12-21(27)24-18-10-8-17(9-11-18)16-6-4-3-5-7-16/h3-11,13H,12H2,1-2H3,(H,24,27)(H,25,28). The van der Waals surface area contributed by atoms with Crippen LogP contribution in [-0.2, 0) is 11.2 Å². The van der Waals surface area contributed by atoms with Gasteiger partial charge in [0, 0.05) is 28.7 Å². The van der Waals surface area contributed by atoms with Gasteiger partial charge in [-0.05, 0) is 37.1 Å². The first-order chi connectivity index (χ1) is 13.5. The Morgan fingerprint density at radius 1 is 1.04 bits per heavy atom. The minimum absolute atomic E-state index is 0.130. The lowest BCUT2D eigenvalue weighted by atomic mass is 10.1. The highest BCUT2D eigenvalue weighted by molar-refractivity contribution is 5.92. The molecule has 28 heavy (non-hydrogen) atoms. The summed E-state index contributed by atoms with van der Waals surface area (Å²) >= 11 is 0. The van der Waals surface area contributed by atoms with Crippen molar-refractivity contribution in [1.82, 2.24) is 14.6 Å². The summed E-state index contributed by atoms with van der Waals surface area (Å²) in [6.07, 6.45) is 0.182. The van der Waals surface area contributed by atoms with Gasteiger partial charge in [-0.1, -0.05) is 42.5 Å². The number of hydrogen-bond acceptors (Lipinski definition) is 3. The van der Waals surface area contributed by atoms with Gasteiger partial charge in [0.2, 0.25) is 5.91 Å². The Labute approximate surface area is 161 Å². The Hall–Kier alpha value is -3.67. The fraction of sp³-hybridized carbons (Fsp3) is 0.136. The Balaban J connectivity index is 1.52. The summed E-state index contributed by atoms with van der Waals surface area (Å²) in [5.74, 6) is -0.130. The van der Waals surface area contributed by atoms with E-state index in [0.29, 0.717) is 5.65 Å². The molecule has 2 heterocycles. The second-order valence-electron chi connectivity index (χ2n) is 6.74. The van der Waals surface area contributed by atoms with Crippen LogP contribution < -0.4 is 10.9 Å². The zero-order valence-electron chi connectivity index (χ0n) is 15.7. The van der Waals surface area contributed by atoms with Gasteiger partial charge in [-0.2, -0.15) is 0 Å². The van der Waals surface area contributed by atoms with Crippen molar-refractivity contribution < 1.29 is 4.79 Å². The molecule has 6 nitrogen and oxygen atoms in total. The Morgan fingerprint density at radius 3 is 2.43 bits per heavy atom. The number of amides is 1. The van der Waals surface area contributed by atoms with E-state index in [1.54, 1.807) is 4.52 Å². The molecule has 140 valence electrons. The van der Waals surface area contributed by atoms with Crippen molar-refractivity contribution in [2.75, 3.05) is 5.32 Å². The van der Waals surface area contributed by atoms with Gasteiger partial charge >= 0.3 is 0 Å². The minimum Gasteiger partial charge on any atom is -0.326 e. The van der Waals surface area contributed by atoms with Crippen LogP contribution in [0, 0.1) is 13.8 Å². The summed E-state index contributed by atoms with van der Waals surface area (Å²) in [7, 11) is 0. The van der Waals surface area contributed by atoms with E-state index >= 15 is 0 Å². The number of nitrogens with one attached hydrogen (secondary N) is 2. The van der Waals surface area contributed by atoms with Gasteiger partial charge in [0.05, 0.1) is 6.42 Å². The maximum Gasteiger partial charge on any atom is 0.266 e. The predicted octanol–water partition coefficient (Wildman–Crippen LogP) is 3.49. The maximum absolute atomic E-state index is 12.6. The van der Waals surface area contributed by atoms with Crippen molar-refractivity contribution >= 4 is 17.2 Å². The van der Waals surface area contributed by atoms with Gasteiger partial charge < -0.3 is 5.32 Å². The third-order valence-electron chi connectivity index (χ3n) is 4.82. The molecule has 0 fully saturated rings. The third kappa shape index (κ3) is 3.44. The van der Waals surface area contributed by atoms with Crippen molar-refractivity contribution in [3.8, 4) is 11.1 Å². The first-order valence-electron chi connectivity index (χ1n) is 9.04. The van der Waals surface area contributed by atoms with Crippen molar-refractivity contribution in [2.24, 2.45) is 0 Å². The van der Waals surface area contributed by atoms with E-state index in [4.69, 9.17) is 0 Å². The summed E-state index contributed by atoms with van der Waals surface area (Å²) in [5.41, 5.74) is 5.66. The largest absolute Gasteiger partial charge is 0.326 e. The van der Waals surface area contributed by atoms with Gasteiger partial charge in [0.1, 0.15) is 0 Å². The Bertz CT molecular complexity index is 1210. The van der Waals surface area contributed by atoms with Gasteiger partial charge in [-0.25, -0.2) is 9.50 Å². The highest BCUT2D eigenvalue weighted by Gasteiger charge is 2.14. The number of aromatic amines is 1. The number of aryl methyl sites for hydroxylation is 2. The van der Waals surface area contributed by atoms with Gasteiger partial charge in [0.25, 0.3) is 5.56 Å².